The van der Waals surface area contributed by atoms with Crippen LogP contribution in [0.25, 0.3) is 6.08 Å². The summed E-state index contributed by atoms with van der Waals surface area (Å²) in [5.41, 5.74) is 1.14. The molecule has 0 radical (unpaired) electrons. The third-order valence-electron chi connectivity index (χ3n) is 4.83. The molecule has 2 amide bonds. The molecule has 2 atom stereocenters. The fourth-order valence-corrected chi connectivity index (χ4v) is 2.95. The van der Waals surface area contributed by atoms with Crippen LogP contribution in [0.15, 0.2) is 46.9 Å². The number of rotatable bonds is 6. The molecule has 4 rings (SSSR count). The van der Waals surface area contributed by atoms with Gasteiger partial charge >= 0.3 is 0 Å². The van der Waals surface area contributed by atoms with Gasteiger partial charge in [0, 0.05) is 29.3 Å². The van der Waals surface area contributed by atoms with Gasteiger partial charge in [-0.1, -0.05) is 13.0 Å². The Morgan fingerprint density at radius 3 is 2.73 bits per heavy atom. The Morgan fingerprint density at radius 1 is 1.19 bits per heavy atom. The smallest absolute Gasteiger partial charge is 0.251 e. The Morgan fingerprint density at radius 2 is 2.00 bits per heavy atom. The van der Waals surface area contributed by atoms with Gasteiger partial charge in [0.05, 0.1) is 0 Å². The van der Waals surface area contributed by atoms with Gasteiger partial charge in [-0.15, -0.1) is 0 Å². The molecule has 2 aliphatic rings. The summed E-state index contributed by atoms with van der Waals surface area (Å²) in [5, 5.41) is 5.72. The monoisotopic (exact) mass is 350 g/mol. The Balaban J connectivity index is 1.35. The molecular weight excluding hydrogens is 328 g/mol. The average Bonchev–Trinajstić information content (AvgIpc) is 3.53. The van der Waals surface area contributed by atoms with Crippen molar-refractivity contribution >= 4 is 23.6 Å². The van der Waals surface area contributed by atoms with Crippen molar-refractivity contribution in [3.05, 3.63) is 59.6 Å². The van der Waals surface area contributed by atoms with E-state index in [9.17, 15) is 9.59 Å². The second-order valence-corrected chi connectivity index (χ2v) is 7.21. The van der Waals surface area contributed by atoms with Gasteiger partial charge in [0.1, 0.15) is 11.5 Å². The molecule has 2 unspecified atom stereocenters. The van der Waals surface area contributed by atoms with E-state index in [1.165, 1.54) is 12.5 Å². The number of nitrogens with one attached hydrogen (secondary N) is 2. The van der Waals surface area contributed by atoms with E-state index in [0.29, 0.717) is 34.9 Å². The summed E-state index contributed by atoms with van der Waals surface area (Å²) >= 11 is 0. The van der Waals surface area contributed by atoms with Crippen LogP contribution in [0.3, 0.4) is 0 Å². The summed E-state index contributed by atoms with van der Waals surface area (Å²) in [6, 6.07) is 11.1. The molecule has 5 heteroatoms. The summed E-state index contributed by atoms with van der Waals surface area (Å²) in [5.74, 6) is 2.51. The second kappa shape index (κ2) is 6.83. The minimum absolute atomic E-state index is 0.100. The van der Waals surface area contributed by atoms with E-state index in [4.69, 9.17) is 4.42 Å². The van der Waals surface area contributed by atoms with Gasteiger partial charge < -0.3 is 15.1 Å². The summed E-state index contributed by atoms with van der Waals surface area (Å²) in [6.45, 7) is 2.20. The molecular formula is C21H22N2O3. The Hall–Kier alpha value is -2.82. The van der Waals surface area contributed by atoms with E-state index < -0.39 is 0 Å². The van der Waals surface area contributed by atoms with Gasteiger partial charge in [-0.25, -0.2) is 0 Å². The maximum atomic E-state index is 12.1. The maximum Gasteiger partial charge on any atom is 0.251 e. The lowest BCUT2D eigenvalue weighted by molar-refractivity contribution is -0.111. The highest BCUT2D eigenvalue weighted by Crippen LogP contribution is 2.47. The minimum Gasteiger partial charge on any atom is -0.461 e. The summed E-state index contributed by atoms with van der Waals surface area (Å²) in [4.78, 5) is 24.2. The largest absolute Gasteiger partial charge is 0.461 e. The molecule has 1 aromatic carbocycles. The van der Waals surface area contributed by atoms with E-state index in [2.05, 4.69) is 17.6 Å². The van der Waals surface area contributed by atoms with Gasteiger partial charge in [-0.3, -0.25) is 9.59 Å². The van der Waals surface area contributed by atoms with Gasteiger partial charge in [-0.2, -0.15) is 0 Å². The lowest BCUT2D eigenvalue weighted by Gasteiger charge is -2.06. The van der Waals surface area contributed by atoms with Gasteiger partial charge in [0.15, 0.2) is 0 Å². The topological polar surface area (TPSA) is 71.3 Å². The first-order chi connectivity index (χ1) is 12.6. The van der Waals surface area contributed by atoms with Crippen LogP contribution in [-0.2, 0) is 4.79 Å². The van der Waals surface area contributed by atoms with Crippen LogP contribution < -0.4 is 10.6 Å². The van der Waals surface area contributed by atoms with E-state index >= 15 is 0 Å². The van der Waals surface area contributed by atoms with Gasteiger partial charge in [-0.05, 0) is 61.6 Å². The molecule has 134 valence electrons. The summed E-state index contributed by atoms with van der Waals surface area (Å²) in [7, 11) is 0. The molecule has 0 bridgehead atoms. The molecule has 5 nitrogen and oxygen atoms in total. The number of amides is 2. The van der Waals surface area contributed by atoms with E-state index in [0.717, 1.165) is 18.6 Å². The van der Waals surface area contributed by atoms with Crippen molar-refractivity contribution in [2.45, 2.75) is 38.1 Å². The average molecular weight is 350 g/mol. The Labute approximate surface area is 152 Å². The van der Waals surface area contributed by atoms with Crippen molar-refractivity contribution in [1.29, 1.82) is 0 Å². The first-order valence-corrected chi connectivity index (χ1v) is 9.08. The standard InChI is InChI=1S/C21H22N2O3/c1-13-11-18(13)19-9-7-17(26-19)8-10-20(24)22-16-4-2-3-14(12-16)21(25)23-15-5-6-15/h2-4,7-10,12-13,15,18H,5-6,11H2,1H3,(H,22,24)(H,23,25). The Bertz CT molecular complexity index is 864. The number of carbonyl (C=O) groups excluding carboxylic acids is 2. The fraction of sp³-hybridized carbons (Fsp3) is 0.333. The van der Waals surface area contributed by atoms with Gasteiger partial charge in [0.2, 0.25) is 5.91 Å². The van der Waals surface area contributed by atoms with E-state index in [1.807, 2.05) is 12.1 Å². The number of anilines is 1. The van der Waals surface area contributed by atoms with Crippen molar-refractivity contribution < 1.29 is 14.0 Å². The molecule has 2 aromatic rings. The molecule has 1 heterocycles. The zero-order valence-corrected chi connectivity index (χ0v) is 14.7. The molecule has 2 N–H and O–H groups in total. The van der Waals surface area contributed by atoms with E-state index in [1.54, 1.807) is 30.3 Å². The van der Waals surface area contributed by atoms with Crippen molar-refractivity contribution in [3.63, 3.8) is 0 Å². The van der Waals surface area contributed by atoms with Crippen LogP contribution in [0.5, 0.6) is 0 Å². The molecule has 2 fully saturated rings. The van der Waals surface area contributed by atoms with Crippen LogP contribution in [0.4, 0.5) is 5.69 Å². The third kappa shape index (κ3) is 4.04. The number of carbonyl (C=O) groups is 2. The normalized spacial score (nSPS) is 21.6. The minimum atomic E-state index is -0.262. The predicted molar refractivity (Wildman–Crippen MR) is 99.8 cm³/mol. The van der Waals surface area contributed by atoms with Crippen LogP contribution >= 0.6 is 0 Å². The molecule has 1 aromatic heterocycles. The third-order valence-corrected chi connectivity index (χ3v) is 4.83. The van der Waals surface area contributed by atoms with Crippen molar-refractivity contribution in [2.24, 2.45) is 5.92 Å². The predicted octanol–water partition coefficient (Wildman–Crippen LogP) is 3.95. The lowest BCUT2D eigenvalue weighted by atomic mass is 10.2. The maximum absolute atomic E-state index is 12.1. The molecule has 0 saturated heterocycles. The summed E-state index contributed by atoms with van der Waals surface area (Å²) < 4.78 is 5.75. The van der Waals surface area contributed by atoms with Crippen LogP contribution in [0, 0.1) is 5.92 Å². The highest BCUT2D eigenvalue weighted by Gasteiger charge is 2.36. The van der Waals surface area contributed by atoms with Crippen LogP contribution in [0.2, 0.25) is 0 Å². The fourth-order valence-electron chi connectivity index (χ4n) is 2.95. The number of hydrogen-bond acceptors (Lipinski definition) is 3. The quantitative estimate of drug-likeness (QED) is 0.775. The molecule has 2 saturated carbocycles. The number of benzene rings is 1. The van der Waals surface area contributed by atoms with Crippen molar-refractivity contribution in [2.75, 3.05) is 5.32 Å². The highest BCUT2D eigenvalue weighted by molar-refractivity contribution is 6.03. The lowest BCUT2D eigenvalue weighted by Crippen LogP contribution is -2.25. The first kappa shape index (κ1) is 16.6. The van der Waals surface area contributed by atoms with Crippen LogP contribution in [-0.4, -0.2) is 17.9 Å². The SMILES string of the molecule is CC1CC1c1ccc(C=CC(=O)Nc2cccc(C(=O)NC3CC3)c2)o1. The molecule has 26 heavy (non-hydrogen) atoms. The summed E-state index contributed by atoms with van der Waals surface area (Å²) in [6.07, 6.45) is 6.36. The zero-order chi connectivity index (χ0) is 18.1. The van der Waals surface area contributed by atoms with Crippen molar-refractivity contribution in [3.8, 4) is 0 Å². The molecule has 0 spiro atoms. The zero-order valence-electron chi connectivity index (χ0n) is 14.7. The van der Waals surface area contributed by atoms with Crippen LogP contribution in [0.1, 0.15) is 54.0 Å². The van der Waals surface area contributed by atoms with E-state index in [-0.39, 0.29) is 11.8 Å². The van der Waals surface area contributed by atoms with Crippen molar-refractivity contribution in [1.82, 2.24) is 5.32 Å². The molecule has 0 aliphatic heterocycles. The number of hydrogen-bond donors (Lipinski definition) is 2. The Kier molecular flexibility index (Phi) is 4.37. The first-order valence-electron chi connectivity index (χ1n) is 9.08. The number of furan rings is 1. The second-order valence-electron chi connectivity index (χ2n) is 7.21. The highest BCUT2D eigenvalue weighted by atomic mass is 16.3. The molecule has 2 aliphatic carbocycles. The van der Waals surface area contributed by atoms with Gasteiger partial charge in [0.25, 0.3) is 5.91 Å².